The van der Waals surface area contributed by atoms with Crippen LogP contribution in [0.5, 0.6) is 5.75 Å². The molecule has 1 aromatic carbocycles. The summed E-state index contributed by atoms with van der Waals surface area (Å²) in [7, 11) is 1.58. The Kier molecular flexibility index (Phi) is 4.47. The SMILES string of the molecule is COc1ccc(C(=O)Nc2cc(C)nn2-c2nc(-c3ccco3)cs2)cc1. The lowest BCUT2D eigenvalue weighted by molar-refractivity contribution is 0.102. The summed E-state index contributed by atoms with van der Waals surface area (Å²) in [6.45, 7) is 1.86. The van der Waals surface area contributed by atoms with Gasteiger partial charge >= 0.3 is 0 Å². The standard InChI is InChI=1S/C19H16N4O3S/c1-12-10-17(21-18(24)13-5-7-14(25-2)8-6-13)23(22-12)19-20-15(11-27-19)16-4-3-9-26-16/h3-11H,1-2H3,(H,21,24). The van der Waals surface area contributed by atoms with Gasteiger partial charge in [-0.2, -0.15) is 9.78 Å². The smallest absolute Gasteiger partial charge is 0.256 e. The number of aryl methyl sites for hydroxylation is 1. The molecule has 4 rings (SSSR count). The summed E-state index contributed by atoms with van der Waals surface area (Å²) in [6.07, 6.45) is 1.60. The zero-order chi connectivity index (χ0) is 18.8. The lowest BCUT2D eigenvalue weighted by Gasteiger charge is -2.07. The highest BCUT2D eigenvalue weighted by molar-refractivity contribution is 7.12. The number of hydrogen-bond acceptors (Lipinski definition) is 6. The van der Waals surface area contributed by atoms with Crippen molar-refractivity contribution in [2.24, 2.45) is 0 Å². The van der Waals surface area contributed by atoms with Gasteiger partial charge in [-0.25, -0.2) is 4.98 Å². The van der Waals surface area contributed by atoms with Crippen LogP contribution < -0.4 is 10.1 Å². The van der Waals surface area contributed by atoms with Gasteiger partial charge in [0.1, 0.15) is 17.3 Å². The second-order valence-corrected chi connectivity index (χ2v) is 6.59. The second kappa shape index (κ2) is 7.08. The van der Waals surface area contributed by atoms with Crippen molar-refractivity contribution >= 4 is 23.1 Å². The fourth-order valence-electron chi connectivity index (χ4n) is 2.56. The minimum absolute atomic E-state index is 0.235. The Labute approximate surface area is 159 Å². The van der Waals surface area contributed by atoms with Crippen LogP contribution in [-0.4, -0.2) is 27.8 Å². The number of carbonyl (C=O) groups excluding carboxylic acids is 1. The predicted octanol–water partition coefficient (Wildman–Crippen LogP) is 4.16. The van der Waals surface area contributed by atoms with Crippen molar-refractivity contribution < 1.29 is 13.9 Å². The molecule has 0 aliphatic carbocycles. The molecule has 27 heavy (non-hydrogen) atoms. The molecule has 0 aliphatic heterocycles. The van der Waals surface area contributed by atoms with Crippen LogP contribution in [0.3, 0.4) is 0 Å². The van der Waals surface area contributed by atoms with E-state index in [0.29, 0.717) is 28.0 Å². The molecule has 4 aromatic rings. The Morgan fingerprint density at radius 3 is 2.78 bits per heavy atom. The van der Waals surface area contributed by atoms with Crippen LogP contribution in [0.4, 0.5) is 5.82 Å². The summed E-state index contributed by atoms with van der Waals surface area (Å²) in [5, 5.41) is 9.87. The van der Waals surface area contributed by atoms with Gasteiger partial charge in [0.15, 0.2) is 5.76 Å². The molecule has 1 N–H and O–H groups in total. The van der Waals surface area contributed by atoms with Crippen molar-refractivity contribution in [3.8, 4) is 22.3 Å². The molecule has 0 bridgehead atoms. The van der Waals surface area contributed by atoms with Gasteiger partial charge in [-0.3, -0.25) is 4.79 Å². The quantitative estimate of drug-likeness (QED) is 0.562. The summed E-state index contributed by atoms with van der Waals surface area (Å²) in [5.74, 6) is 1.70. The molecule has 0 fully saturated rings. The Morgan fingerprint density at radius 2 is 2.07 bits per heavy atom. The number of carbonyl (C=O) groups is 1. The number of ether oxygens (including phenoxy) is 1. The van der Waals surface area contributed by atoms with Crippen LogP contribution in [0.1, 0.15) is 16.1 Å². The van der Waals surface area contributed by atoms with Gasteiger partial charge < -0.3 is 14.5 Å². The zero-order valence-corrected chi connectivity index (χ0v) is 15.5. The van der Waals surface area contributed by atoms with Crippen LogP contribution in [0.25, 0.3) is 16.6 Å². The number of anilines is 1. The third-order valence-electron chi connectivity index (χ3n) is 3.87. The van der Waals surface area contributed by atoms with Gasteiger partial charge in [-0.05, 0) is 43.3 Å². The number of hydrogen-bond donors (Lipinski definition) is 1. The third kappa shape index (κ3) is 3.47. The topological polar surface area (TPSA) is 82.2 Å². The third-order valence-corrected chi connectivity index (χ3v) is 4.69. The van der Waals surface area contributed by atoms with Crippen molar-refractivity contribution in [2.45, 2.75) is 6.92 Å². The molecule has 0 unspecified atom stereocenters. The van der Waals surface area contributed by atoms with Crippen LogP contribution in [0.15, 0.2) is 58.5 Å². The number of benzene rings is 1. The summed E-state index contributed by atoms with van der Waals surface area (Å²) in [5.41, 5.74) is 2.02. The Morgan fingerprint density at radius 1 is 1.26 bits per heavy atom. The first-order chi connectivity index (χ1) is 13.1. The van der Waals surface area contributed by atoms with E-state index < -0.39 is 0 Å². The van der Waals surface area contributed by atoms with E-state index in [2.05, 4.69) is 15.4 Å². The lowest BCUT2D eigenvalue weighted by atomic mass is 10.2. The molecule has 0 radical (unpaired) electrons. The number of thiazole rings is 1. The number of methoxy groups -OCH3 is 1. The average molecular weight is 380 g/mol. The summed E-state index contributed by atoms with van der Waals surface area (Å²) in [6, 6.07) is 12.4. The Hall–Kier alpha value is -3.39. The van der Waals surface area contributed by atoms with Crippen molar-refractivity contribution in [3.63, 3.8) is 0 Å². The molecule has 7 nitrogen and oxygen atoms in total. The molecule has 0 saturated carbocycles. The molecular weight excluding hydrogens is 364 g/mol. The highest BCUT2D eigenvalue weighted by atomic mass is 32.1. The molecule has 8 heteroatoms. The maximum atomic E-state index is 12.6. The molecule has 0 atom stereocenters. The van der Waals surface area contributed by atoms with Crippen molar-refractivity contribution in [2.75, 3.05) is 12.4 Å². The molecule has 1 amide bonds. The number of furan rings is 1. The van der Waals surface area contributed by atoms with E-state index in [1.54, 1.807) is 48.4 Å². The molecule has 0 spiro atoms. The highest BCUT2D eigenvalue weighted by Crippen LogP contribution is 2.27. The van der Waals surface area contributed by atoms with Gasteiger partial charge in [0.25, 0.3) is 5.91 Å². The Balaban J connectivity index is 1.60. The number of nitrogens with zero attached hydrogens (tertiary/aromatic N) is 3. The largest absolute Gasteiger partial charge is 0.497 e. The zero-order valence-electron chi connectivity index (χ0n) is 14.7. The molecule has 3 heterocycles. The van der Waals surface area contributed by atoms with Crippen LogP contribution >= 0.6 is 11.3 Å². The highest BCUT2D eigenvalue weighted by Gasteiger charge is 2.16. The minimum Gasteiger partial charge on any atom is -0.497 e. The van der Waals surface area contributed by atoms with Gasteiger partial charge in [0.2, 0.25) is 5.13 Å². The summed E-state index contributed by atoms with van der Waals surface area (Å²) >= 11 is 1.42. The van der Waals surface area contributed by atoms with Crippen LogP contribution in [0.2, 0.25) is 0 Å². The van der Waals surface area contributed by atoms with Gasteiger partial charge in [-0.15, -0.1) is 11.3 Å². The predicted molar refractivity (Wildman–Crippen MR) is 103 cm³/mol. The summed E-state index contributed by atoms with van der Waals surface area (Å²) < 4.78 is 12.1. The van der Waals surface area contributed by atoms with E-state index in [-0.39, 0.29) is 5.91 Å². The minimum atomic E-state index is -0.235. The van der Waals surface area contributed by atoms with Gasteiger partial charge in [0, 0.05) is 17.0 Å². The first-order valence-electron chi connectivity index (χ1n) is 8.16. The molecule has 0 aliphatic rings. The van der Waals surface area contributed by atoms with E-state index in [1.807, 2.05) is 24.4 Å². The van der Waals surface area contributed by atoms with E-state index in [9.17, 15) is 4.79 Å². The number of rotatable bonds is 5. The average Bonchev–Trinajstić information content (AvgIpc) is 3.42. The van der Waals surface area contributed by atoms with E-state index >= 15 is 0 Å². The van der Waals surface area contributed by atoms with E-state index in [0.717, 1.165) is 11.4 Å². The number of nitrogens with one attached hydrogen (secondary N) is 1. The Bertz CT molecular complexity index is 1070. The second-order valence-electron chi connectivity index (χ2n) is 5.76. The molecule has 0 saturated heterocycles. The molecular formula is C19H16N4O3S. The number of amides is 1. The molecule has 136 valence electrons. The van der Waals surface area contributed by atoms with E-state index in [1.165, 1.54) is 11.3 Å². The van der Waals surface area contributed by atoms with Crippen molar-refractivity contribution in [1.29, 1.82) is 0 Å². The monoisotopic (exact) mass is 380 g/mol. The van der Waals surface area contributed by atoms with E-state index in [4.69, 9.17) is 9.15 Å². The normalized spacial score (nSPS) is 10.7. The van der Waals surface area contributed by atoms with Gasteiger partial charge in [-0.1, -0.05) is 0 Å². The van der Waals surface area contributed by atoms with Crippen LogP contribution in [0, 0.1) is 6.92 Å². The first kappa shape index (κ1) is 17.0. The molecule has 3 aromatic heterocycles. The number of aromatic nitrogens is 3. The van der Waals surface area contributed by atoms with Gasteiger partial charge in [0.05, 0.1) is 19.1 Å². The maximum absolute atomic E-state index is 12.6. The lowest BCUT2D eigenvalue weighted by Crippen LogP contribution is -2.15. The fourth-order valence-corrected chi connectivity index (χ4v) is 3.34. The van der Waals surface area contributed by atoms with Crippen LogP contribution in [-0.2, 0) is 0 Å². The summed E-state index contributed by atoms with van der Waals surface area (Å²) in [4.78, 5) is 17.1. The maximum Gasteiger partial charge on any atom is 0.256 e. The first-order valence-corrected chi connectivity index (χ1v) is 9.04. The van der Waals surface area contributed by atoms with Crippen molar-refractivity contribution in [3.05, 3.63) is 65.4 Å². The fraction of sp³-hybridized carbons (Fsp3) is 0.105. The van der Waals surface area contributed by atoms with Crippen molar-refractivity contribution in [1.82, 2.24) is 14.8 Å².